The highest BCUT2D eigenvalue weighted by Crippen LogP contribution is 2.36. The minimum atomic E-state index is -1.19. The Morgan fingerprint density at radius 1 is 1.00 bits per heavy atom. The number of halogens is 3. The summed E-state index contributed by atoms with van der Waals surface area (Å²) >= 11 is 0. The molecule has 2 aromatic carbocycles. The minimum Gasteiger partial charge on any atom is -0.454 e. The maximum Gasteiger partial charge on any atom is 0.231 e. The first-order valence-electron chi connectivity index (χ1n) is 8.72. The molecule has 142 valence electrons. The lowest BCUT2D eigenvalue weighted by Gasteiger charge is -2.29. The van der Waals surface area contributed by atoms with Crippen LogP contribution in [-0.2, 0) is 0 Å². The van der Waals surface area contributed by atoms with E-state index in [1.165, 1.54) is 0 Å². The van der Waals surface area contributed by atoms with E-state index in [1.807, 2.05) is 24.3 Å². The minimum absolute atomic E-state index is 0.125. The van der Waals surface area contributed by atoms with Crippen LogP contribution >= 0.6 is 0 Å². The third-order valence-corrected chi connectivity index (χ3v) is 5.01. The van der Waals surface area contributed by atoms with Gasteiger partial charge in [-0.15, -0.1) is 0 Å². The molecule has 0 spiro atoms. The monoisotopic (exact) mass is 376 g/mol. The van der Waals surface area contributed by atoms with E-state index in [2.05, 4.69) is 5.32 Å². The summed E-state index contributed by atoms with van der Waals surface area (Å²) in [5, 5.41) is 3.30. The van der Waals surface area contributed by atoms with Crippen molar-refractivity contribution in [1.29, 1.82) is 0 Å². The first-order chi connectivity index (χ1) is 13.0. The second-order valence-electron chi connectivity index (χ2n) is 6.78. The quantitative estimate of drug-likeness (QED) is 0.624. The van der Waals surface area contributed by atoms with Gasteiger partial charge in [0.1, 0.15) is 5.82 Å². The van der Waals surface area contributed by atoms with Gasteiger partial charge in [0.25, 0.3) is 0 Å². The SMILES string of the molecule is NC1CC(CNc2ccc3c(c2)OCO3)=CCC1c1cc(F)c(F)cc1F. The summed E-state index contributed by atoms with van der Waals surface area (Å²) in [4.78, 5) is 0. The van der Waals surface area contributed by atoms with Gasteiger partial charge in [0.15, 0.2) is 23.1 Å². The number of benzene rings is 2. The number of allylic oxidation sites excluding steroid dienone is 1. The molecule has 0 aromatic heterocycles. The van der Waals surface area contributed by atoms with E-state index >= 15 is 0 Å². The summed E-state index contributed by atoms with van der Waals surface area (Å²) in [5.74, 6) is -1.97. The van der Waals surface area contributed by atoms with Crippen molar-refractivity contribution in [1.82, 2.24) is 0 Å². The van der Waals surface area contributed by atoms with Gasteiger partial charge in [-0.05, 0) is 36.6 Å². The molecule has 0 saturated heterocycles. The van der Waals surface area contributed by atoms with Gasteiger partial charge in [0.2, 0.25) is 6.79 Å². The number of hydrogen-bond donors (Lipinski definition) is 2. The third kappa shape index (κ3) is 3.60. The van der Waals surface area contributed by atoms with Crippen LogP contribution in [0.25, 0.3) is 0 Å². The Balaban J connectivity index is 1.43. The van der Waals surface area contributed by atoms with Gasteiger partial charge in [0.05, 0.1) is 0 Å². The summed E-state index contributed by atoms with van der Waals surface area (Å²) in [6, 6.07) is 6.73. The Bertz CT molecular complexity index is 901. The number of rotatable bonds is 4. The van der Waals surface area contributed by atoms with Gasteiger partial charge in [0, 0.05) is 36.3 Å². The lowest BCUT2D eigenvalue weighted by atomic mass is 9.80. The van der Waals surface area contributed by atoms with Gasteiger partial charge in [-0.3, -0.25) is 0 Å². The van der Waals surface area contributed by atoms with Crippen molar-refractivity contribution < 1.29 is 22.6 Å². The summed E-state index contributed by atoms with van der Waals surface area (Å²) < 4.78 is 51.3. The van der Waals surface area contributed by atoms with Gasteiger partial charge < -0.3 is 20.5 Å². The van der Waals surface area contributed by atoms with Crippen molar-refractivity contribution >= 4 is 5.69 Å². The first-order valence-corrected chi connectivity index (χ1v) is 8.72. The largest absolute Gasteiger partial charge is 0.454 e. The standard InChI is InChI=1S/C20H19F3N2O2/c21-15-8-17(23)16(22)7-14(15)13-3-1-11(5-18(13)24)9-25-12-2-4-19-20(6-12)27-10-26-19/h1-2,4,6-8,13,18,25H,3,5,9-10,24H2. The third-order valence-electron chi connectivity index (χ3n) is 5.01. The van der Waals surface area contributed by atoms with E-state index < -0.39 is 17.5 Å². The molecule has 0 fully saturated rings. The van der Waals surface area contributed by atoms with E-state index in [9.17, 15) is 13.2 Å². The van der Waals surface area contributed by atoms with Crippen LogP contribution in [0.1, 0.15) is 24.3 Å². The number of fused-ring (bicyclic) bond motifs is 1. The Morgan fingerprint density at radius 3 is 2.59 bits per heavy atom. The van der Waals surface area contributed by atoms with Crippen LogP contribution < -0.4 is 20.5 Å². The zero-order valence-electron chi connectivity index (χ0n) is 14.5. The Kier molecular flexibility index (Phi) is 4.70. The number of nitrogens with one attached hydrogen (secondary N) is 1. The second-order valence-corrected chi connectivity index (χ2v) is 6.78. The van der Waals surface area contributed by atoms with Crippen molar-refractivity contribution in [2.75, 3.05) is 18.7 Å². The summed E-state index contributed by atoms with van der Waals surface area (Å²) in [7, 11) is 0. The van der Waals surface area contributed by atoms with Crippen LogP contribution in [0.4, 0.5) is 18.9 Å². The van der Waals surface area contributed by atoms with Gasteiger partial charge in [-0.2, -0.15) is 0 Å². The van der Waals surface area contributed by atoms with Crippen molar-refractivity contribution in [3.8, 4) is 11.5 Å². The van der Waals surface area contributed by atoms with E-state index in [1.54, 1.807) is 0 Å². The first kappa shape index (κ1) is 17.7. The van der Waals surface area contributed by atoms with Crippen LogP contribution in [0.5, 0.6) is 11.5 Å². The van der Waals surface area contributed by atoms with Crippen LogP contribution in [-0.4, -0.2) is 19.4 Å². The molecule has 2 unspecified atom stereocenters. The van der Waals surface area contributed by atoms with Crippen LogP contribution in [0, 0.1) is 17.5 Å². The lowest BCUT2D eigenvalue weighted by Crippen LogP contribution is -2.33. The molecule has 0 amide bonds. The molecule has 7 heteroatoms. The molecule has 1 aliphatic heterocycles. The van der Waals surface area contributed by atoms with Crippen LogP contribution in [0.2, 0.25) is 0 Å². The fourth-order valence-electron chi connectivity index (χ4n) is 3.54. The molecule has 2 aromatic rings. The Hall–Kier alpha value is -2.67. The van der Waals surface area contributed by atoms with E-state index in [-0.39, 0.29) is 24.3 Å². The lowest BCUT2D eigenvalue weighted by molar-refractivity contribution is 0.174. The number of anilines is 1. The smallest absolute Gasteiger partial charge is 0.231 e. The van der Waals surface area contributed by atoms with E-state index in [4.69, 9.17) is 15.2 Å². The predicted molar refractivity (Wildman–Crippen MR) is 95.4 cm³/mol. The van der Waals surface area contributed by atoms with Crippen molar-refractivity contribution in [2.24, 2.45) is 5.73 Å². The molecule has 0 saturated carbocycles. The zero-order valence-corrected chi connectivity index (χ0v) is 14.5. The topological polar surface area (TPSA) is 56.5 Å². The second kappa shape index (κ2) is 7.15. The Labute approximate surface area is 154 Å². The molecular weight excluding hydrogens is 357 g/mol. The molecule has 2 atom stereocenters. The average molecular weight is 376 g/mol. The fourth-order valence-corrected chi connectivity index (χ4v) is 3.54. The molecule has 4 rings (SSSR count). The Morgan fingerprint density at radius 2 is 1.78 bits per heavy atom. The molecule has 4 nitrogen and oxygen atoms in total. The van der Waals surface area contributed by atoms with E-state index in [0.717, 1.165) is 23.1 Å². The van der Waals surface area contributed by atoms with Crippen molar-refractivity contribution in [2.45, 2.75) is 24.8 Å². The molecule has 3 N–H and O–H groups in total. The molecule has 1 aliphatic carbocycles. The van der Waals surface area contributed by atoms with Gasteiger partial charge in [-0.25, -0.2) is 13.2 Å². The average Bonchev–Trinajstić information content (AvgIpc) is 3.11. The van der Waals surface area contributed by atoms with Crippen LogP contribution in [0.15, 0.2) is 42.0 Å². The molecular formula is C20H19F3N2O2. The molecule has 0 radical (unpaired) electrons. The van der Waals surface area contributed by atoms with E-state index in [0.29, 0.717) is 31.2 Å². The van der Waals surface area contributed by atoms with Gasteiger partial charge >= 0.3 is 0 Å². The number of ether oxygens (including phenoxy) is 2. The summed E-state index contributed by atoms with van der Waals surface area (Å²) in [6.07, 6.45) is 3.00. The normalized spacial score (nSPS) is 21.1. The predicted octanol–water partition coefficient (Wildman–Crippen LogP) is 4.08. The molecule has 2 aliphatic rings. The fraction of sp³-hybridized carbons (Fsp3) is 0.300. The highest BCUT2D eigenvalue weighted by molar-refractivity contribution is 5.56. The maximum absolute atomic E-state index is 14.0. The van der Waals surface area contributed by atoms with Crippen LogP contribution in [0.3, 0.4) is 0 Å². The van der Waals surface area contributed by atoms with Crippen molar-refractivity contribution in [3.05, 3.63) is 65.0 Å². The zero-order chi connectivity index (χ0) is 19.0. The number of nitrogens with two attached hydrogens (primary N) is 1. The van der Waals surface area contributed by atoms with Gasteiger partial charge in [-0.1, -0.05) is 11.6 Å². The summed E-state index contributed by atoms with van der Waals surface area (Å²) in [6.45, 7) is 0.807. The maximum atomic E-state index is 14.0. The van der Waals surface area contributed by atoms with Crippen molar-refractivity contribution in [3.63, 3.8) is 0 Å². The number of hydrogen-bond acceptors (Lipinski definition) is 4. The molecule has 0 bridgehead atoms. The molecule has 1 heterocycles. The summed E-state index contributed by atoms with van der Waals surface area (Å²) in [5.41, 5.74) is 8.31. The molecule has 27 heavy (non-hydrogen) atoms. The highest BCUT2D eigenvalue weighted by atomic mass is 19.2. The highest BCUT2D eigenvalue weighted by Gasteiger charge is 2.27.